The van der Waals surface area contributed by atoms with Gasteiger partial charge in [-0.15, -0.1) is 0 Å². The van der Waals surface area contributed by atoms with E-state index in [0.717, 1.165) is 24.3 Å². The summed E-state index contributed by atoms with van der Waals surface area (Å²) < 4.78 is 0. The van der Waals surface area contributed by atoms with Gasteiger partial charge >= 0.3 is 6.03 Å². The van der Waals surface area contributed by atoms with Gasteiger partial charge in [0.2, 0.25) is 5.91 Å². The Kier molecular flexibility index (Phi) is 6.72. The molecule has 6 heteroatoms. The Bertz CT molecular complexity index is 630. The molecule has 0 spiro atoms. The van der Waals surface area contributed by atoms with Gasteiger partial charge in [0.1, 0.15) is 0 Å². The third kappa shape index (κ3) is 5.70. The maximum absolute atomic E-state index is 12.2. The number of nitrogens with two attached hydrogens (primary N) is 1. The normalized spacial score (nSPS) is 24.3. The summed E-state index contributed by atoms with van der Waals surface area (Å²) in [5.41, 5.74) is 6.65. The van der Waals surface area contributed by atoms with Gasteiger partial charge in [0.05, 0.1) is 0 Å². The minimum atomic E-state index is -0.443. The summed E-state index contributed by atoms with van der Waals surface area (Å²) in [4.78, 5) is 25.9. The van der Waals surface area contributed by atoms with Crippen LogP contribution in [-0.4, -0.2) is 42.0 Å². The molecular formula is C21H32N4O2. The van der Waals surface area contributed by atoms with E-state index in [1.807, 2.05) is 12.1 Å². The van der Waals surface area contributed by atoms with Crippen LogP contribution in [0, 0.1) is 5.92 Å². The summed E-state index contributed by atoms with van der Waals surface area (Å²) in [5.74, 6) is 0.428. The summed E-state index contributed by atoms with van der Waals surface area (Å²) in [6.45, 7) is 5.26. The van der Waals surface area contributed by atoms with Crippen molar-refractivity contribution in [3.8, 4) is 0 Å². The fourth-order valence-electron chi connectivity index (χ4n) is 4.18. The van der Waals surface area contributed by atoms with Crippen LogP contribution in [0.2, 0.25) is 0 Å². The smallest absolute Gasteiger partial charge is 0.315 e. The van der Waals surface area contributed by atoms with E-state index in [1.54, 1.807) is 12.1 Å². The van der Waals surface area contributed by atoms with Crippen molar-refractivity contribution in [1.29, 1.82) is 0 Å². The lowest BCUT2D eigenvalue weighted by molar-refractivity contribution is 0.1000. The molecule has 0 unspecified atom stereocenters. The fraction of sp³-hybridized carbons (Fsp3) is 0.619. The zero-order chi connectivity index (χ0) is 19.2. The van der Waals surface area contributed by atoms with Crippen LogP contribution in [0.5, 0.6) is 0 Å². The number of piperidine rings is 1. The number of hydrogen-bond acceptors (Lipinski definition) is 3. The Morgan fingerprint density at radius 2 is 1.67 bits per heavy atom. The molecule has 0 atom stereocenters. The van der Waals surface area contributed by atoms with E-state index >= 15 is 0 Å². The van der Waals surface area contributed by atoms with Crippen molar-refractivity contribution in [3.05, 3.63) is 35.4 Å². The first-order chi connectivity index (χ1) is 13.0. The van der Waals surface area contributed by atoms with Gasteiger partial charge in [-0.1, -0.05) is 19.1 Å². The van der Waals surface area contributed by atoms with E-state index in [9.17, 15) is 9.59 Å². The van der Waals surface area contributed by atoms with Crippen molar-refractivity contribution in [3.63, 3.8) is 0 Å². The van der Waals surface area contributed by atoms with Gasteiger partial charge in [-0.05, 0) is 75.2 Å². The predicted molar refractivity (Wildman–Crippen MR) is 106 cm³/mol. The summed E-state index contributed by atoms with van der Waals surface area (Å²) in [6.07, 6.45) is 7.10. The monoisotopic (exact) mass is 372 g/mol. The minimum absolute atomic E-state index is 0.121. The lowest BCUT2D eigenvalue weighted by atomic mass is 9.88. The second-order valence-corrected chi connectivity index (χ2v) is 8.11. The molecule has 1 aromatic carbocycles. The highest BCUT2D eigenvalue weighted by Crippen LogP contribution is 2.27. The first-order valence-electron chi connectivity index (χ1n) is 10.2. The maximum atomic E-state index is 12.2. The molecule has 27 heavy (non-hydrogen) atoms. The molecule has 2 aliphatic rings. The van der Waals surface area contributed by atoms with Gasteiger partial charge in [-0.25, -0.2) is 4.79 Å². The zero-order valence-electron chi connectivity index (χ0n) is 16.2. The second kappa shape index (κ2) is 9.22. The number of benzene rings is 1. The van der Waals surface area contributed by atoms with Gasteiger partial charge in [-0.3, -0.25) is 4.79 Å². The Labute approximate surface area is 161 Å². The first kappa shape index (κ1) is 19.7. The topological polar surface area (TPSA) is 87.5 Å². The molecule has 2 fully saturated rings. The molecule has 0 aromatic heterocycles. The molecule has 3 amide bonds. The third-order valence-electron chi connectivity index (χ3n) is 6.06. The van der Waals surface area contributed by atoms with Crippen LogP contribution in [0.1, 0.15) is 61.4 Å². The highest BCUT2D eigenvalue weighted by Gasteiger charge is 2.28. The van der Waals surface area contributed by atoms with Crippen molar-refractivity contribution in [2.75, 3.05) is 13.1 Å². The average molecular weight is 373 g/mol. The molecule has 1 aromatic rings. The van der Waals surface area contributed by atoms with Gasteiger partial charge in [0.25, 0.3) is 0 Å². The number of rotatable bonds is 5. The van der Waals surface area contributed by atoms with Crippen LogP contribution in [0.15, 0.2) is 24.3 Å². The molecule has 3 rings (SSSR count). The summed E-state index contributed by atoms with van der Waals surface area (Å²) in [5, 5.41) is 6.00. The number of nitrogens with zero attached hydrogens (tertiary/aromatic N) is 1. The Morgan fingerprint density at radius 3 is 2.26 bits per heavy atom. The van der Waals surface area contributed by atoms with E-state index in [2.05, 4.69) is 22.5 Å². The molecular weight excluding hydrogens is 340 g/mol. The molecule has 1 saturated carbocycles. The van der Waals surface area contributed by atoms with E-state index in [0.29, 0.717) is 18.2 Å². The second-order valence-electron chi connectivity index (χ2n) is 8.11. The minimum Gasteiger partial charge on any atom is -0.366 e. The van der Waals surface area contributed by atoms with E-state index in [1.165, 1.54) is 38.8 Å². The van der Waals surface area contributed by atoms with Crippen molar-refractivity contribution in [1.82, 2.24) is 15.5 Å². The number of urea groups is 1. The van der Waals surface area contributed by atoms with Crippen LogP contribution in [-0.2, 0) is 6.54 Å². The molecule has 6 nitrogen and oxygen atoms in total. The summed E-state index contributed by atoms with van der Waals surface area (Å²) >= 11 is 0. The fourth-order valence-corrected chi connectivity index (χ4v) is 4.18. The Balaban J connectivity index is 1.36. The molecule has 0 bridgehead atoms. The maximum Gasteiger partial charge on any atom is 0.315 e. The lowest BCUT2D eigenvalue weighted by Gasteiger charge is -2.40. The largest absolute Gasteiger partial charge is 0.366 e. The predicted octanol–water partition coefficient (Wildman–Crippen LogP) is 2.63. The number of amides is 3. The highest BCUT2D eigenvalue weighted by molar-refractivity contribution is 5.92. The standard InChI is InChI=1S/C21H32N4O2/c1-15-10-12-25(13-11-15)19-8-6-18(7-9-19)24-21(27)23-14-16-2-4-17(5-3-16)20(22)26/h2-5,15,18-19H,6-14H2,1H3,(H2,22,26)(H2,23,24,27). The van der Waals surface area contributed by atoms with Crippen LogP contribution in [0.25, 0.3) is 0 Å². The Hall–Kier alpha value is -2.08. The molecule has 4 N–H and O–H groups in total. The molecule has 1 aliphatic carbocycles. The van der Waals surface area contributed by atoms with Crippen molar-refractivity contribution in [2.24, 2.45) is 11.7 Å². The molecule has 1 heterocycles. The Morgan fingerprint density at radius 1 is 1.04 bits per heavy atom. The number of likely N-dealkylation sites (tertiary alicyclic amines) is 1. The van der Waals surface area contributed by atoms with E-state index < -0.39 is 5.91 Å². The third-order valence-corrected chi connectivity index (χ3v) is 6.06. The van der Waals surface area contributed by atoms with Gasteiger partial charge in [-0.2, -0.15) is 0 Å². The number of carbonyl (C=O) groups excluding carboxylic acids is 2. The first-order valence-corrected chi connectivity index (χ1v) is 10.2. The van der Waals surface area contributed by atoms with Gasteiger partial charge < -0.3 is 21.3 Å². The SMILES string of the molecule is CC1CCN(C2CCC(NC(=O)NCc3ccc(C(N)=O)cc3)CC2)CC1. The van der Waals surface area contributed by atoms with E-state index in [-0.39, 0.29) is 12.1 Å². The summed E-state index contributed by atoms with van der Waals surface area (Å²) in [6, 6.07) is 7.82. The van der Waals surface area contributed by atoms with Crippen molar-refractivity contribution >= 4 is 11.9 Å². The number of hydrogen-bond donors (Lipinski definition) is 3. The van der Waals surface area contributed by atoms with Gasteiger partial charge in [0, 0.05) is 24.2 Å². The highest BCUT2D eigenvalue weighted by atomic mass is 16.2. The van der Waals surface area contributed by atoms with Gasteiger partial charge in [0.15, 0.2) is 0 Å². The molecule has 1 aliphatic heterocycles. The van der Waals surface area contributed by atoms with Crippen molar-refractivity contribution < 1.29 is 9.59 Å². The zero-order valence-corrected chi connectivity index (χ0v) is 16.2. The molecule has 1 saturated heterocycles. The summed E-state index contributed by atoms with van der Waals surface area (Å²) in [7, 11) is 0. The number of nitrogens with one attached hydrogen (secondary N) is 2. The lowest BCUT2D eigenvalue weighted by Crippen LogP contribution is -2.48. The van der Waals surface area contributed by atoms with Crippen LogP contribution in [0.4, 0.5) is 4.79 Å². The quantitative estimate of drug-likeness (QED) is 0.742. The van der Waals surface area contributed by atoms with Crippen molar-refractivity contribution in [2.45, 2.75) is 64.1 Å². The average Bonchev–Trinajstić information content (AvgIpc) is 2.68. The number of carbonyl (C=O) groups is 2. The van der Waals surface area contributed by atoms with Crippen LogP contribution < -0.4 is 16.4 Å². The van der Waals surface area contributed by atoms with Crippen LogP contribution >= 0.6 is 0 Å². The van der Waals surface area contributed by atoms with Crippen LogP contribution in [0.3, 0.4) is 0 Å². The molecule has 148 valence electrons. The van der Waals surface area contributed by atoms with E-state index in [4.69, 9.17) is 5.73 Å². The number of primary amides is 1. The molecule has 0 radical (unpaired) electrons.